The zero-order chi connectivity index (χ0) is 26.4. The third kappa shape index (κ3) is 3.78. The molecule has 0 aliphatic carbocycles. The number of benzene rings is 2. The van der Waals surface area contributed by atoms with Crippen LogP contribution in [0.3, 0.4) is 0 Å². The molecule has 38 heavy (non-hydrogen) atoms. The Labute approximate surface area is 225 Å². The third-order valence-electron chi connectivity index (χ3n) is 7.92. The molecule has 0 saturated carbocycles. The van der Waals surface area contributed by atoms with E-state index in [0.717, 1.165) is 5.69 Å². The minimum absolute atomic E-state index is 0.130. The summed E-state index contributed by atoms with van der Waals surface area (Å²) >= 11 is 6.08. The van der Waals surface area contributed by atoms with Gasteiger partial charge in [0.25, 0.3) is 5.91 Å². The van der Waals surface area contributed by atoms with Gasteiger partial charge in [0.15, 0.2) is 0 Å². The number of fused-ring (bicyclic) bond motifs is 2. The number of hydrogen-bond donors (Lipinski definition) is 1. The van der Waals surface area contributed by atoms with Crippen molar-refractivity contribution in [2.75, 3.05) is 36.0 Å². The molecule has 4 heterocycles. The van der Waals surface area contributed by atoms with Crippen molar-refractivity contribution in [3.63, 3.8) is 0 Å². The first-order chi connectivity index (χ1) is 18.5. The average molecular weight is 534 g/mol. The Hall–Kier alpha value is -3.46. The number of halogens is 1. The number of carbonyl (C=O) groups is 3. The number of likely N-dealkylation sites (tertiary alicyclic amines) is 1. The highest BCUT2D eigenvalue weighted by molar-refractivity contribution is 6.30. The van der Waals surface area contributed by atoms with Gasteiger partial charge < -0.3 is 24.5 Å². The highest BCUT2D eigenvalue weighted by atomic mass is 35.5. The lowest BCUT2D eigenvalue weighted by molar-refractivity contribution is -0.140. The van der Waals surface area contributed by atoms with Gasteiger partial charge >= 0.3 is 0 Å². The summed E-state index contributed by atoms with van der Waals surface area (Å²) in [6.45, 7) is 0.699. The second-order valence-electron chi connectivity index (χ2n) is 9.99. The number of ether oxygens (including phenoxy) is 1. The van der Waals surface area contributed by atoms with Gasteiger partial charge in [0.1, 0.15) is 11.6 Å². The van der Waals surface area contributed by atoms with E-state index in [1.165, 1.54) is 4.90 Å². The molecule has 2 aromatic rings. The van der Waals surface area contributed by atoms with Crippen molar-refractivity contribution >= 4 is 40.7 Å². The topological polar surface area (TPSA) is 90.4 Å². The lowest BCUT2D eigenvalue weighted by Gasteiger charge is -2.35. The quantitative estimate of drug-likeness (QED) is 0.597. The molecular formula is C29H28ClN3O5. The van der Waals surface area contributed by atoms with Gasteiger partial charge in [-0.25, -0.2) is 0 Å². The number of aliphatic hydroxyl groups is 1. The molecule has 196 valence electrons. The molecule has 5 atom stereocenters. The molecule has 9 heteroatoms. The molecule has 0 bridgehead atoms. The Balaban J connectivity index is 1.43. The van der Waals surface area contributed by atoms with E-state index in [1.54, 1.807) is 34.1 Å². The minimum Gasteiger partial charge on any atom is -0.396 e. The number of nitrogens with zero attached hydrogens (tertiary/aromatic N) is 3. The molecule has 3 amide bonds. The van der Waals surface area contributed by atoms with Crippen LogP contribution >= 0.6 is 11.6 Å². The molecule has 0 aromatic heterocycles. The van der Waals surface area contributed by atoms with Crippen LogP contribution in [0.1, 0.15) is 6.42 Å². The number of carbonyl (C=O) groups excluding carboxylic acids is 3. The average Bonchev–Trinajstić information content (AvgIpc) is 3.23. The molecule has 1 unspecified atom stereocenters. The Bertz CT molecular complexity index is 1310. The molecule has 2 fully saturated rings. The summed E-state index contributed by atoms with van der Waals surface area (Å²) in [4.78, 5) is 47.2. The summed E-state index contributed by atoms with van der Waals surface area (Å²) in [7, 11) is 0. The predicted molar refractivity (Wildman–Crippen MR) is 143 cm³/mol. The Morgan fingerprint density at radius 1 is 0.895 bits per heavy atom. The molecule has 8 nitrogen and oxygen atoms in total. The molecule has 4 aliphatic heterocycles. The summed E-state index contributed by atoms with van der Waals surface area (Å²) in [5.41, 5.74) is 0.0849. The van der Waals surface area contributed by atoms with Crippen LogP contribution in [0.2, 0.25) is 5.02 Å². The molecule has 2 aromatic carbocycles. The Morgan fingerprint density at radius 2 is 1.58 bits per heavy atom. The van der Waals surface area contributed by atoms with Gasteiger partial charge in [0.2, 0.25) is 11.8 Å². The van der Waals surface area contributed by atoms with Crippen molar-refractivity contribution in [2.24, 2.45) is 11.8 Å². The largest absolute Gasteiger partial charge is 0.396 e. The summed E-state index contributed by atoms with van der Waals surface area (Å²) in [6.07, 6.45) is 7.06. The van der Waals surface area contributed by atoms with Crippen LogP contribution in [-0.2, 0) is 19.1 Å². The zero-order valence-electron chi connectivity index (χ0n) is 20.7. The fraction of sp³-hybridized carbons (Fsp3) is 0.345. The number of hydrogen-bond acceptors (Lipinski definition) is 5. The zero-order valence-corrected chi connectivity index (χ0v) is 21.4. The maximum Gasteiger partial charge on any atom is 0.253 e. The molecule has 6 rings (SSSR count). The van der Waals surface area contributed by atoms with Crippen molar-refractivity contribution in [1.29, 1.82) is 0 Å². The van der Waals surface area contributed by atoms with E-state index in [0.29, 0.717) is 23.7 Å². The SMILES string of the molecule is O=C1C2N(CCCO)C(=O)[C@@H]3[C@H]4C(=O)N(c5ccccc5)CC=C[C@H]4O[C@]23C=CCN1c1ccc(Cl)cc1. The predicted octanol–water partition coefficient (Wildman–Crippen LogP) is 2.81. The molecule has 2 saturated heterocycles. The van der Waals surface area contributed by atoms with Crippen molar-refractivity contribution in [3.8, 4) is 0 Å². The number of para-hydroxylation sites is 1. The van der Waals surface area contributed by atoms with E-state index in [2.05, 4.69) is 0 Å². The fourth-order valence-electron chi connectivity index (χ4n) is 6.31. The van der Waals surface area contributed by atoms with Crippen LogP contribution < -0.4 is 9.80 Å². The summed E-state index contributed by atoms with van der Waals surface area (Å²) in [5, 5.41) is 10.1. The van der Waals surface area contributed by atoms with Crippen LogP contribution in [0, 0.1) is 11.8 Å². The van der Waals surface area contributed by atoms with E-state index < -0.39 is 29.6 Å². The number of rotatable bonds is 5. The minimum atomic E-state index is -1.31. The second kappa shape index (κ2) is 9.69. The second-order valence-corrected chi connectivity index (χ2v) is 10.4. The highest BCUT2D eigenvalue weighted by Gasteiger charge is 2.71. The third-order valence-corrected chi connectivity index (χ3v) is 8.17. The van der Waals surface area contributed by atoms with Crippen LogP contribution in [0.15, 0.2) is 78.9 Å². The smallest absolute Gasteiger partial charge is 0.253 e. The molecule has 1 N–H and O–H groups in total. The summed E-state index contributed by atoms with van der Waals surface area (Å²) in [6, 6.07) is 15.3. The lowest BCUT2D eigenvalue weighted by Crippen LogP contribution is -2.55. The normalized spacial score (nSPS) is 30.3. The number of aliphatic hydroxyl groups excluding tert-OH is 1. The first kappa shape index (κ1) is 24.9. The van der Waals surface area contributed by atoms with Crippen LogP contribution in [0.5, 0.6) is 0 Å². The summed E-state index contributed by atoms with van der Waals surface area (Å²) in [5.74, 6) is -2.46. The Kier molecular flexibility index (Phi) is 6.34. The van der Waals surface area contributed by atoms with Gasteiger partial charge in [-0.2, -0.15) is 0 Å². The molecular weight excluding hydrogens is 506 g/mol. The highest BCUT2D eigenvalue weighted by Crippen LogP contribution is 2.53. The van der Waals surface area contributed by atoms with Gasteiger partial charge in [0.05, 0.1) is 17.9 Å². The van der Waals surface area contributed by atoms with Crippen LogP contribution in [-0.4, -0.2) is 71.7 Å². The van der Waals surface area contributed by atoms with Crippen LogP contribution in [0.4, 0.5) is 11.4 Å². The lowest BCUT2D eigenvalue weighted by atomic mass is 9.77. The van der Waals surface area contributed by atoms with E-state index in [9.17, 15) is 19.5 Å². The van der Waals surface area contributed by atoms with Gasteiger partial charge in [0, 0.05) is 42.6 Å². The first-order valence-corrected chi connectivity index (χ1v) is 13.2. The fourth-order valence-corrected chi connectivity index (χ4v) is 6.44. The van der Waals surface area contributed by atoms with Crippen molar-refractivity contribution < 1.29 is 24.2 Å². The summed E-state index contributed by atoms with van der Waals surface area (Å²) < 4.78 is 6.64. The first-order valence-electron chi connectivity index (χ1n) is 12.8. The van der Waals surface area contributed by atoms with E-state index in [-0.39, 0.29) is 37.4 Å². The molecule has 4 aliphatic rings. The standard InChI is InChI=1S/C29H28ClN3O5/c30-19-10-12-21(13-11-19)32-16-5-14-29-24(27(36)33(17-6-18-34)25(29)28(32)37)23-22(38-29)9-4-15-31(26(23)35)20-7-2-1-3-8-20/h1-5,7-14,22-25,34H,6,15-18H2/t22-,23+,24+,25?,29+/m1/s1. The molecule has 0 radical (unpaired) electrons. The van der Waals surface area contributed by atoms with Crippen molar-refractivity contribution in [2.45, 2.75) is 24.2 Å². The number of amides is 3. The maximum absolute atomic E-state index is 14.2. The maximum atomic E-state index is 14.2. The van der Waals surface area contributed by atoms with Crippen molar-refractivity contribution in [1.82, 2.24) is 4.90 Å². The molecule has 1 spiro atoms. The van der Waals surface area contributed by atoms with Crippen LogP contribution in [0.25, 0.3) is 0 Å². The van der Waals surface area contributed by atoms with Gasteiger partial charge in [-0.1, -0.05) is 54.1 Å². The Morgan fingerprint density at radius 3 is 2.32 bits per heavy atom. The van der Waals surface area contributed by atoms with E-state index in [4.69, 9.17) is 16.3 Å². The van der Waals surface area contributed by atoms with Gasteiger partial charge in [-0.05, 0) is 42.8 Å². The monoisotopic (exact) mass is 533 g/mol. The van der Waals surface area contributed by atoms with E-state index >= 15 is 0 Å². The van der Waals surface area contributed by atoms with Crippen molar-refractivity contribution in [3.05, 3.63) is 83.9 Å². The van der Waals surface area contributed by atoms with E-state index in [1.807, 2.05) is 54.6 Å². The van der Waals surface area contributed by atoms with Gasteiger partial charge in [-0.3, -0.25) is 14.4 Å². The van der Waals surface area contributed by atoms with Gasteiger partial charge in [-0.15, -0.1) is 0 Å². The number of anilines is 2.